The molecule has 2 heterocycles. The Kier molecular flexibility index (Phi) is 3.21. The third-order valence-electron chi connectivity index (χ3n) is 3.89. The van der Waals surface area contributed by atoms with Crippen LogP contribution in [-0.2, 0) is 5.41 Å². The molecule has 0 N–H and O–H groups in total. The summed E-state index contributed by atoms with van der Waals surface area (Å²) in [5.41, 5.74) is 1.07. The summed E-state index contributed by atoms with van der Waals surface area (Å²) in [7, 11) is 0. The second kappa shape index (κ2) is 4.74. The van der Waals surface area contributed by atoms with Gasteiger partial charge in [0.1, 0.15) is 5.69 Å². The number of thioether (sulfide) groups is 1. The molecule has 0 saturated heterocycles. The van der Waals surface area contributed by atoms with Crippen molar-refractivity contribution in [1.82, 2.24) is 4.98 Å². The fourth-order valence-electron chi connectivity index (χ4n) is 2.59. The van der Waals surface area contributed by atoms with Gasteiger partial charge in [-0.15, -0.1) is 0 Å². The van der Waals surface area contributed by atoms with Gasteiger partial charge in [0.15, 0.2) is 11.6 Å². The zero-order chi connectivity index (χ0) is 16.2. The number of aromatic nitrogens is 1. The van der Waals surface area contributed by atoms with Gasteiger partial charge in [0.2, 0.25) is 0 Å². The van der Waals surface area contributed by atoms with E-state index in [9.17, 15) is 19.7 Å². The molecule has 2 atom stereocenters. The van der Waals surface area contributed by atoms with Crippen molar-refractivity contribution in [1.29, 1.82) is 0 Å². The van der Waals surface area contributed by atoms with Crippen LogP contribution in [0.2, 0.25) is 0 Å². The lowest BCUT2D eigenvalue weighted by Crippen LogP contribution is -2.37. The smallest absolute Gasteiger partial charge is 0.293 e. The lowest BCUT2D eigenvalue weighted by Gasteiger charge is -2.25. The van der Waals surface area contributed by atoms with Crippen LogP contribution in [-0.4, -0.2) is 26.7 Å². The van der Waals surface area contributed by atoms with Crippen LogP contribution in [0.1, 0.15) is 47.2 Å². The number of allylic oxidation sites excluding steroid dienone is 1. The Balaban J connectivity index is 2.08. The fraction of sp³-hybridized carbons (Fsp3) is 0.400. The lowest BCUT2D eigenvalue weighted by atomic mass is 9.81. The second-order valence-corrected chi connectivity index (χ2v) is 7.59. The number of hydrogen-bond acceptors (Lipinski definition) is 6. The molecule has 0 bridgehead atoms. The van der Waals surface area contributed by atoms with Gasteiger partial charge in [0.05, 0.1) is 16.1 Å². The van der Waals surface area contributed by atoms with Gasteiger partial charge in [-0.3, -0.25) is 24.7 Å². The standard InChI is InChI=1S/C15H14N2O4S/c1-15(2,3)7-4-8-11(16-6-7)12(18)9-5-10(17(20)21)22-14(9)13(8)19/h4-6,9,14H,1-3H3. The predicted octanol–water partition coefficient (Wildman–Crippen LogP) is 2.61. The Morgan fingerprint density at radius 2 is 1.95 bits per heavy atom. The largest absolute Gasteiger partial charge is 0.300 e. The second-order valence-electron chi connectivity index (χ2n) is 6.42. The third kappa shape index (κ3) is 2.16. The highest BCUT2D eigenvalue weighted by molar-refractivity contribution is 8.04. The van der Waals surface area contributed by atoms with Crippen molar-refractivity contribution < 1.29 is 14.5 Å². The van der Waals surface area contributed by atoms with Crippen LogP contribution in [0.15, 0.2) is 23.4 Å². The molecular weight excluding hydrogens is 304 g/mol. The minimum atomic E-state index is -0.779. The van der Waals surface area contributed by atoms with Crippen molar-refractivity contribution in [3.63, 3.8) is 0 Å². The van der Waals surface area contributed by atoms with Gasteiger partial charge in [-0.05, 0) is 28.8 Å². The van der Waals surface area contributed by atoms with Crippen LogP contribution in [0.4, 0.5) is 0 Å². The van der Waals surface area contributed by atoms with Crippen LogP contribution in [0, 0.1) is 16.0 Å². The highest BCUT2D eigenvalue weighted by Gasteiger charge is 2.48. The van der Waals surface area contributed by atoms with Crippen molar-refractivity contribution in [2.45, 2.75) is 31.4 Å². The molecule has 2 aliphatic rings. The van der Waals surface area contributed by atoms with Crippen LogP contribution < -0.4 is 0 Å². The van der Waals surface area contributed by atoms with Crippen molar-refractivity contribution in [2.24, 2.45) is 5.92 Å². The van der Waals surface area contributed by atoms with Gasteiger partial charge in [0.25, 0.3) is 0 Å². The molecule has 0 fully saturated rings. The number of nitrogens with zero attached hydrogens (tertiary/aromatic N) is 2. The number of Topliss-reactive ketones (excluding diaryl/α,β-unsaturated/α-hetero) is 2. The van der Waals surface area contributed by atoms with E-state index in [1.54, 1.807) is 12.3 Å². The van der Waals surface area contributed by atoms with E-state index in [4.69, 9.17) is 0 Å². The molecule has 0 aromatic carbocycles. The topological polar surface area (TPSA) is 90.2 Å². The third-order valence-corrected chi connectivity index (χ3v) is 5.18. The zero-order valence-electron chi connectivity index (χ0n) is 12.3. The number of rotatable bonds is 1. The average Bonchev–Trinajstić information content (AvgIpc) is 2.89. The van der Waals surface area contributed by atoms with Crippen molar-refractivity contribution in [3.8, 4) is 0 Å². The summed E-state index contributed by atoms with van der Waals surface area (Å²) < 4.78 is 0. The number of hydrogen-bond donors (Lipinski definition) is 0. The van der Waals surface area contributed by atoms with Crippen molar-refractivity contribution in [2.75, 3.05) is 0 Å². The zero-order valence-corrected chi connectivity index (χ0v) is 13.1. The maximum Gasteiger partial charge on any atom is 0.300 e. The van der Waals surface area contributed by atoms with Crippen molar-refractivity contribution >= 4 is 23.3 Å². The van der Waals surface area contributed by atoms with E-state index >= 15 is 0 Å². The molecule has 0 spiro atoms. The first kappa shape index (κ1) is 14.9. The van der Waals surface area contributed by atoms with Gasteiger partial charge in [-0.25, -0.2) is 0 Å². The van der Waals surface area contributed by atoms with Crippen LogP contribution in [0.5, 0.6) is 0 Å². The van der Waals surface area contributed by atoms with Gasteiger partial charge in [0, 0.05) is 17.8 Å². The van der Waals surface area contributed by atoms with E-state index < -0.39 is 16.1 Å². The Bertz CT molecular complexity index is 748. The maximum atomic E-state index is 12.6. The minimum Gasteiger partial charge on any atom is -0.293 e. The number of carbonyl (C=O) groups excluding carboxylic acids is 2. The molecule has 1 aliphatic carbocycles. The van der Waals surface area contributed by atoms with Crippen LogP contribution >= 0.6 is 11.8 Å². The van der Waals surface area contributed by atoms with Gasteiger partial charge in [-0.1, -0.05) is 20.8 Å². The molecule has 0 radical (unpaired) electrons. The van der Waals surface area contributed by atoms with Gasteiger partial charge >= 0.3 is 5.03 Å². The summed E-state index contributed by atoms with van der Waals surface area (Å²) in [6.07, 6.45) is 2.88. The van der Waals surface area contributed by atoms with E-state index in [-0.39, 0.29) is 33.3 Å². The molecule has 6 nitrogen and oxygen atoms in total. The van der Waals surface area contributed by atoms with E-state index in [1.165, 1.54) is 6.08 Å². The van der Waals surface area contributed by atoms with Crippen LogP contribution in [0.3, 0.4) is 0 Å². The first-order valence-corrected chi connectivity index (χ1v) is 7.70. The van der Waals surface area contributed by atoms with E-state index in [1.807, 2.05) is 20.8 Å². The summed E-state index contributed by atoms with van der Waals surface area (Å²) in [6.45, 7) is 5.97. The minimum absolute atomic E-state index is 0.126. The maximum absolute atomic E-state index is 12.6. The van der Waals surface area contributed by atoms with E-state index in [0.717, 1.165) is 17.3 Å². The van der Waals surface area contributed by atoms with Gasteiger partial charge in [-0.2, -0.15) is 0 Å². The number of carbonyl (C=O) groups is 2. The summed E-state index contributed by atoms with van der Waals surface area (Å²) >= 11 is 0.855. The molecule has 114 valence electrons. The first-order chi connectivity index (χ1) is 10.2. The molecular formula is C15H14N2O4S. The number of fused-ring (bicyclic) bond motifs is 2. The SMILES string of the molecule is CC(C)(C)c1cnc2c(c1)C(=O)C1SC([N+](=O)[O-])=CC1C2=O. The van der Waals surface area contributed by atoms with E-state index in [0.29, 0.717) is 0 Å². The normalized spacial score (nSPS) is 23.9. The Morgan fingerprint density at radius 3 is 2.55 bits per heavy atom. The van der Waals surface area contributed by atoms with E-state index in [2.05, 4.69) is 4.98 Å². The summed E-state index contributed by atoms with van der Waals surface area (Å²) in [6, 6.07) is 1.70. The van der Waals surface area contributed by atoms with Crippen LogP contribution in [0.25, 0.3) is 0 Å². The molecule has 2 unspecified atom stereocenters. The van der Waals surface area contributed by atoms with Crippen molar-refractivity contribution in [3.05, 3.63) is 50.3 Å². The number of nitro groups is 1. The average molecular weight is 318 g/mol. The molecule has 1 aromatic rings. The first-order valence-electron chi connectivity index (χ1n) is 6.82. The number of ketones is 2. The summed E-state index contributed by atoms with van der Waals surface area (Å²) in [4.78, 5) is 39.6. The molecule has 0 saturated carbocycles. The monoisotopic (exact) mass is 318 g/mol. The predicted molar refractivity (Wildman–Crippen MR) is 81.5 cm³/mol. The molecule has 22 heavy (non-hydrogen) atoms. The lowest BCUT2D eigenvalue weighted by molar-refractivity contribution is -0.410. The fourth-order valence-corrected chi connectivity index (χ4v) is 3.74. The molecule has 3 rings (SSSR count). The molecule has 1 aromatic heterocycles. The molecule has 7 heteroatoms. The highest BCUT2D eigenvalue weighted by atomic mass is 32.2. The quantitative estimate of drug-likeness (QED) is 0.584. The van der Waals surface area contributed by atoms with Gasteiger partial charge < -0.3 is 0 Å². The summed E-state index contributed by atoms with van der Waals surface area (Å²) in [5, 5.41) is 10.0. The molecule has 1 aliphatic heterocycles. The highest BCUT2D eigenvalue weighted by Crippen LogP contribution is 2.43. The Labute approximate surface area is 131 Å². The Morgan fingerprint density at radius 1 is 1.27 bits per heavy atom. The molecule has 0 amide bonds. The number of pyridine rings is 1. The summed E-state index contributed by atoms with van der Waals surface area (Å²) in [5.74, 6) is -1.35. The Hall–Kier alpha value is -2.02.